The molecule has 9 aromatic rings. The lowest BCUT2D eigenvalue weighted by Crippen LogP contribution is -2.58. The van der Waals surface area contributed by atoms with Crippen molar-refractivity contribution in [1.82, 2.24) is 68.3 Å². The van der Waals surface area contributed by atoms with Gasteiger partial charge in [-0.2, -0.15) is 15.0 Å². The fourth-order valence-corrected chi connectivity index (χ4v) is 17.2. The molecule has 602 valence electrons. The van der Waals surface area contributed by atoms with Crippen molar-refractivity contribution in [2.75, 3.05) is 61.0 Å². The number of hydrogen-bond donors (Lipinski definition) is 0. The average Bonchev–Trinajstić information content (AvgIpc) is 1.50. The molecule has 0 N–H and O–H groups in total. The van der Waals surface area contributed by atoms with Gasteiger partial charge in [-0.05, 0) is 170 Å². The summed E-state index contributed by atoms with van der Waals surface area (Å²) in [7, 11) is 1.71. The molecule has 0 radical (unpaired) electrons. The summed E-state index contributed by atoms with van der Waals surface area (Å²) in [5, 5.41) is 3.72. The molecule has 2 aliphatic carbocycles. The number of halogens is 4. The van der Waals surface area contributed by atoms with E-state index in [0.29, 0.717) is 118 Å². The van der Waals surface area contributed by atoms with Crippen molar-refractivity contribution in [3.05, 3.63) is 186 Å². The number of anilines is 3. The average molecular weight is 1610 g/mol. The molecule has 3 saturated heterocycles. The van der Waals surface area contributed by atoms with E-state index in [1.807, 2.05) is 98.1 Å². The van der Waals surface area contributed by atoms with Crippen LogP contribution in [0.5, 0.6) is 0 Å². The normalized spacial score (nSPS) is 20.5. The molecule has 5 unspecified atom stereocenters. The van der Waals surface area contributed by atoms with Gasteiger partial charge in [0, 0.05) is 119 Å². The summed E-state index contributed by atoms with van der Waals surface area (Å²) in [5.74, 6) is 1.74. The molecule has 5 aliphatic rings. The molecule has 7 atom stereocenters. The standard InChI is InChI=1S/C30H37ClN6O2.C29H35ClN6O2.C28H34ClFN6O/c1-8-10-23-26(17(3)11-12-32-23)37-28-20(13-22(31)25(33-28)21-14-30(21,6)7)27(34-29(37)39)36-16-18(4)35(15-19(36)5)24(38)9-2;1-7-23(37)34-14-19(6)35(15-18(34)5)27-21-13-22(30)25(20-9-8-10-20)32-28(21)36(29(38)33-27)26-17(4)11-12-31-24(26)16(2)3;1-8-23(37)34-14-18(3)35(15-17(34)2)26-20-13-21(29)24(19-11-9-10-12-22(19)30)32-25(20)36(16-28(4,5)6)27(31-7)33-26/h9,11-13,18-19,21H,2,8,10,14-16H2,1,3-7H3;7,11-13,16,18-20H,1,8-10,14-15H2,2-6H3;8-13,17-18H,1,14-16H2,2-7H3/t;;17-,18+/m..1/s1. The van der Waals surface area contributed by atoms with Crippen molar-refractivity contribution >= 4 is 103 Å². The Morgan fingerprint density at radius 3 is 1.51 bits per heavy atom. The van der Waals surface area contributed by atoms with E-state index in [2.05, 4.69) is 122 Å². The minimum absolute atomic E-state index is 0.0241. The van der Waals surface area contributed by atoms with Crippen LogP contribution in [0.4, 0.5) is 21.8 Å². The van der Waals surface area contributed by atoms with Crippen LogP contribution in [0, 0.1) is 30.5 Å². The Balaban J connectivity index is 0.000000158. The van der Waals surface area contributed by atoms with Gasteiger partial charge in [0.2, 0.25) is 23.3 Å². The minimum atomic E-state index is -0.399. The minimum Gasteiger partial charge on any atom is -0.349 e. The van der Waals surface area contributed by atoms with Gasteiger partial charge in [0.25, 0.3) is 0 Å². The zero-order valence-corrected chi connectivity index (χ0v) is 71.0. The third-order valence-corrected chi connectivity index (χ3v) is 23.7. The largest absolute Gasteiger partial charge is 0.355 e. The number of carbonyl (C=O) groups is 3. The molecule has 0 bridgehead atoms. The van der Waals surface area contributed by atoms with Crippen LogP contribution in [0.15, 0.2) is 120 Å². The van der Waals surface area contributed by atoms with Crippen LogP contribution in [0.2, 0.25) is 15.1 Å². The summed E-state index contributed by atoms with van der Waals surface area (Å²) >= 11 is 20.5. The Kier molecular flexibility index (Phi) is 24.6. The van der Waals surface area contributed by atoms with Crippen LogP contribution in [0.1, 0.15) is 181 Å². The molecule has 114 heavy (non-hydrogen) atoms. The highest BCUT2D eigenvalue weighted by molar-refractivity contribution is 6.34. The molecular formula is C87H106Cl3FN18O5. The lowest BCUT2D eigenvalue weighted by Gasteiger charge is -2.44. The third kappa shape index (κ3) is 16.5. The Labute approximate surface area is 681 Å². The molecule has 3 aliphatic heterocycles. The smallest absolute Gasteiger partial charge is 0.349 e. The monoisotopic (exact) mass is 1610 g/mol. The van der Waals surface area contributed by atoms with E-state index >= 15 is 0 Å². The molecule has 0 spiro atoms. The second-order valence-corrected chi connectivity index (χ2v) is 34.8. The summed E-state index contributed by atoms with van der Waals surface area (Å²) in [6.45, 7) is 47.8. The van der Waals surface area contributed by atoms with Gasteiger partial charge in [-0.3, -0.25) is 33.9 Å². The second kappa shape index (κ2) is 33.6. The number of fused-ring (bicyclic) bond motifs is 3. The molecule has 8 aromatic heterocycles. The lowest BCUT2D eigenvalue weighted by molar-refractivity contribution is -0.129. The Bertz CT molecular complexity index is 5500. The Morgan fingerprint density at radius 1 is 0.614 bits per heavy atom. The Morgan fingerprint density at radius 2 is 1.06 bits per heavy atom. The number of carbonyl (C=O) groups excluding carboxylic acids is 3. The Hall–Kier alpha value is -9.78. The predicted octanol–water partition coefficient (Wildman–Crippen LogP) is 15.4. The van der Waals surface area contributed by atoms with Crippen molar-refractivity contribution in [2.45, 2.75) is 210 Å². The highest BCUT2D eigenvalue weighted by atomic mass is 35.5. The van der Waals surface area contributed by atoms with E-state index in [4.69, 9.17) is 54.7 Å². The third-order valence-electron chi connectivity index (χ3n) is 22.8. The highest BCUT2D eigenvalue weighted by Crippen LogP contribution is 2.59. The van der Waals surface area contributed by atoms with Crippen LogP contribution < -0.4 is 31.7 Å². The zero-order valence-electron chi connectivity index (χ0n) is 68.7. The van der Waals surface area contributed by atoms with Crippen LogP contribution in [-0.4, -0.2) is 169 Å². The number of piperazine rings is 3. The van der Waals surface area contributed by atoms with Gasteiger partial charge in [0.1, 0.15) is 28.9 Å². The molecule has 3 amide bonds. The predicted molar refractivity (Wildman–Crippen MR) is 455 cm³/mol. The van der Waals surface area contributed by atoms with Crippen LogP contribution in [0.3, 0.4) is 0 Å². The van der Waals surface area contributed by atoms with Gasteiger partial charge >= 0.3 is 11.4 Å². The lowest BCUT2D eigenvalue weighted by atomic mass is 9.82. The van der Waals surface area contributed by atoms with E-state index in [-0.39, 0.29) is 76.6 Å². The molecule has 27 heteroatoms. The van der Waals surface area contributed by atoms with Crippen LogP contribution in [0.25, 0.3) is 55.7 Å². The number of hydrogen-bond acceptors (Lipinski definition) is 17. The molecule has 14 rings (SSSR count). The fraction of sp³-hybridized carbons (Fsp3) is 0.471. The summed E-state index contributed by atoms with van der Waals surface area (Å²) < 4.78 is 20.0. The summed E-state index contributed by atoms with van der Waals surface area (Å²) in [6, 6.07) is 15.6. The van der Waals surface area contributed by atoms with Crippen molar-refractivity contribution in [1.29, 1.82) is 0 Å². The van der Waals surface area contributed by atoms with Crippen LogP contribution >= 0.6 is 34.8 Å². The number of amides is 3. The molecule has 2 saturated carbocycles. The highest BCUT2D eigenvalue weighted by Gasteiger charge is 2.49. The van der Waals surface area contributed by atoms with Crippen molar-refractivity contribution in [2.24, 2.45) is 15.8 Å². The van der Waals surface area contributed by atoms with Crippen molar-refractivity contribution in [3.8, 4) is 22.6 Å². The maximum Gasteiger partial charge on any atom is 0.355 e. The van der Waals surface area contributed by atoms with E-state index in [1.54, 1.807) is 46.8 Å². The topological polar surface area (TPSA) is 235 Å². The van der Waals surface area contributed by atoms with Gasteiger partial charge in [0.05, 0.1) is 71.1 Å². The fourth-order valence-electron chi connectivity index (χ4n) is 16.4. The van der Waals surface area contributed by atoms with Gasteiger partial charge < -0.3 is 29.4 Å². The number of aromatic nitrogens is 11. The molecule has 11 heterocycles. The van der Waals surface area contributed by atoms with Crippen molar-refractivity contribution < 1.29 is 18.8 Å². The number of pyridine rings is 5. The number of benzene rings is 1. The van der Waals surface area contributed by atoms with Gasteiger partial charge in [0.15, 0.2) is 11.3 Å². The number of rotatable bonds is 15. The summed E-state index contributed by atoms with van der Waals surface area (Å²) in [6.07, 6.45) is 13.5. The maximum absolute atomic E-state index is 14.8. The van der Waals surface area contributed by atoms with E-state index < -0.39 is 17.2 Å². The maximum atomic E-state index is 14.8. The number of aryl methyl sites for hydroxylation is 3. The first-order valence-electron chi connectivity index (χ1n) is 39.6. The molecule has 1 aromatic carbocycles. The van der Waals surface area contributed by atoms with E-state index in [0.717, 1.165) is 100.0 Å². The van der Waals surface area contributed by atoms with Crippen molar-refractivity contribution in [3.63, 3.8) is 0 Å². The van der Waals surface area contributed by atoms with E-state index in [1.165, 1.54) is 24.3 Å². The number of nitrogens with zero attached hydrogens (tertiary/aromatic N) is 18. The summed E-state index contributed by atoms with van der Waals surface area (Å²) in [5.41, 5.74) is 8.85. The quantitative estimate of drug-likeness (QED) is 0.0868. The first-order valence-corrected chi connectivity index (χ1v) is 40.7. The van der Waals surface area contributed by atoms with Gasteiger partial charge in [-0.15, -0.1) is 0 Å². The first-order chi connectivity index (χ1) is 54.0. The molecule has 5 fully saturated rings. The molecular weight excluding hydrogens is 1500 g/mol. The first kappa shape index (κ1) is 83.6. The summed E-state index contributed by atoms with van der Waals surface area (Å²) in [4.78, 5) is 120. The zero-order chi connectivity index (χ0) is 82.6. The molecule has 23 nitrogen and oxygen atoms in total. The van der Waals surface area contributed by atoms with Gasteiger partial charge in [-0.25, -0.2) is 38.1 Å². The SMILES string of the molecule is C=CC(=O)N1CC(C)N(c2nc(=O)n(-c3c(C)ccnc3C(C)C)c3nc(C4CCC4)c(Cl)cc23)CC1C.C=CC(=O)N1CC(C)N(c2nc(=O)n(-c3c(C)ccnc3CCC)c3nc(C4CC4(C)C)c(Cl)cc23)CC1C.C=CC(=O)N1C[C@H](C)N(c2nc(=NC)n(CC(C)(C)C)c3nc(-c4ccccc4F)c(Cl)cc23)C[C@H]1C. The van der Waals surface area contributed by atoms with E-state index in [9.17, 15) is 28.4 Å². The van der Waals surface area contributed by atoms with Gasteiger partial charge in [-0.1, -0.05) is 135 Å². The van der Waals surface area contributed by atoms with Crippen LogP contribution in [-0.2, 0) is 27.3 Å². The second-order valence-electron chi connectivity index (χ2n) is 33.5.